The normalized spacial score (nSPS) is 12.4. The van der Waals surface area contributed by atoms with Crippen LogP contribution >= 0.6 is 11.8 Å². The SMILES string of the molecule is Cc1cc2c3c(c1)-n1c4c(cccc4c4c1c1ccc(N(c5ccccc5)c5ccccc5)cc1n4-c1ccccc1)B3c1ccc(N(c3ccccc3)c3ccccc3)cc1S2. The Morgan fingerprint density at radius 1 is 0.397 bits per heavy atom. The van der Waals surface area contributed by atoms with Crippen LogP contribution in [0.3, 0.4) is 0 Å². The van der Waals surface area contributed by atoms with Crippen molar-refractivity contribution in [2.75, 3.05) is 9.80 Å². The summed E-state index contributed by atoms with van der Waals surface area (Å²) in [7, 11) is 0. The number of aryl methyl sites for hydroxylation is 1. The predicted molar refractivity (Wildman–Crippen MR) is 267 cm³/mol. The van der Waals surface area contributed by atoms with Gasteiger partial charge in [0.2, 0.25) is 6.71 Å². The van der Waals surface area contributed by atoms with E-state index in [1.807, 2.05) is 11.8 Å². The summed E-state index contributed by atoms with van der Waals surface area (Å²) in [6, 6.07) is 79.8. The molecule has 0 bridgehead atoms. The second-order valence-corrected chi connectivity index (χ2v) is 17.7. The zero-order chi connectivity index (χ0) is 41.6. The summed E-state index contributed by atoms with van der Waals surface area (Å²) < 4.78 is 5.13. The highest BCUT2D eigenvalue weighted by Gasteiger charge is 2.41. The van der Waals surface area contributed by atoms with Crippen molar-refractivity contribution < 1.29 is 0 Å². The van der Waals surface area contributed by atoms with Gasteiger partial charge in [-0.05, 0) is 127 Å². The Bertz CT molecular complexity index is 3470. The molecular weight excluding hydrogens is 784 g/mol. The van der Waals surface area contributed by atoms with Gasteiger partial charge in [0.1, 0.15) is 0 Å². The van der Waals surface area contributed by atoms with Gasteiger partial charge in [0.05, 0.1) is 22.1 Å². The molecule has 2 aliphatic heterocycles. The number of benzene rings is 9. The summed E-state index contributed by atoms with van der Waals surface area (Å²) in [5, 5.41) is 2.49. The average molecular weight is 823 g/mol. The lowest BCUT2D eigenvalue weighted by Crippen LogP contribution is -2.58. The first kappa shape index (κ1) is 36.0. The van der Waals surface area contributed by atoms with Crippen LogP contribution in [-0.4, -0.2) is 15.8 Å². The minimum atomic E-state index is 0.0892. The maximum absolute atomic E-state index is 2.61. The Kier molecular flexibility index (Phi) is 8.12. The number of anilines is 6. The Morgan fingerprint density at radius 2 is 0.937 bits per heavy atom. The van der Waals surface area contributed by atoms with E-state index in [9.17, 15) is 0 Å². The van der Waals surface area contributed by atoms with E-state index in [1.165, 1.54) is 70.3 Å². The van der Waals surface area contributed by atoms with Crippen LogP contribution < -0.4 is 26.2 Å². The highest BCUT2D eigenvalue weighted by molar-refractivity contribution is 8.00. The Hall–Kier alpha value is -7.67. The predicted octanol–water partition coefficient (Wildman–Crippen LogP) is 13.3. The molecule has 0 saturated heterocycles. The van der Waals surface area contributed by atoms with Crippen LogP contribution in [-0.2, 0) is 0 Å². The summed E-state index contributed by atoms with van der Waals surface area (Å²) in [5.74, 6) is 0. The van der Waals surface area contributed by atoms with E-state index in [-0.39, 0.29) is 6.71 Å². The Labute approximate surface area is 371 Å². The molecule has 0 saturated carbocycles. The lowest BCUT2D eigenvalue weighted by Gasteiger charge is -2.34. The smallest absolute Gasteiger partial charge is 0.249 e. The molecule has 2 aliphatic rings. The summed E-state index contributed by atoms with van der Waals surface area (Å²) in [5.41, 5.74) is 19.5. The number of rotatable bonds is 7. The van der Waals surface area contributed by atoms with Gasteiger partial charge in [0.15, 0.2) is 0 Å². The molecular formula is C57H39BN4S. The standard InChI is InChI=1S/C57H39BN4S/c1-38-34-51-54-53(35-38)63-52-37-45(60(41-22-11-4-12-23-41)42-24-13-5-14-25-42)31-33-48(52)58(54)49-29-17-28-47-55(49)62(51)56-46-32-30-44(36-50(46)61(57(47)56)43-26-15-6-16-27-43)59(39-18-7-2-8-19-39)40-20-9-3-10-21-40/h2-37H,1H3. The van der Waals surface area contributed by atoms with Crippen LogP contribution in [0.4, 0.5) is 34.1 Å². The zero-order valence-corrected chi connectivity index (χ0v) is 35.4. The molecule has 4 nitrogen and oxygen atoms in total. The van der Waals surface area contributed by atoms with Crippen molar-refractivity contribution in [3.63, 3.8) is 0 Å². The van der Waals surface area contributed by atoms with Crippen molar-refractivity contribution in [2.45, 2.75) is 16.7 Å². The molecule has 11 aromatic rings. The van der Waals surface area contributed by atoms with Crippen LogP contribution in [0.1, 0.15) is 5.56 Å². The molecule has 0 N–H and O–H groups in total. The molecule has 13 rings (SSSR count). The largest absolute Gasteiger partial charge is 0.310 e. The summed E-state index contributed by atoms with van der Waals surface area (Å²) in [6.07, 6.45) is 0. The highest BCUT2D eigenvalue weighted by atomic mass is 32.2. The van der Waals surface area contributed by atoms with Gasteiger partial charge >= 0.3 is 0 Å². The van der Waals surface area contributed by atoms with Crippen molar-refractivity contribution in [1.82, 2.24) is 9.13 Å². The van der Waals surface area contributed by atoms with E-state index in [0.717, 1.165) is 39.8 Å². The first-order chi connectivity index (χ1) is 31.2. The molecule has 0 aliphatic carbocycles. The van der Waals surface area contributed by atoms with Crippen LogP contribution in [0, 0.1) is 6.92 Å². The fourth-order valence-corrected chi connectivity index (χ4v) is 11.7. The molecule has 9 aromatic carbocycles. The Morgan fingerprint density at radius 3 is 1.54 bits per heavy atom. The van der Waals surface area contributed by atoms with Gasteiger partial charge in [-0.1, -0.05) is 132 Å². The fourth-order valence-electron chi connectivity index (χ4n) is 10.4. The van der Waals surface area contributed by atoms with Gasteiger partial charge in [-0.15, -0.1) is 0 Å². The van der Waals surface area contributed by atoms with E-state index in [1.54, 1.807) is 0 Å². The summed E-state index contributed by atoms with van der Waals surface area (Å²) >= 11 is 1.91. The van der Waals surface area contributed by atoms with Crippen LogP contribution in [0.2, 0.25) is 0 Å². The third-order valence-electron chi connectivity index (χ3n) is 12.9. The van der Waals surface area contributed by atoms with Crippen molar-refractivity contribution in [2.24, 2.45) is 0 Å². The van der Waals surface area contributed by atoms with Gasteiger partial charge in [-0.3, -0.25) is 0 Å². The van der Waals surface area contributed by atoms with Crippen LogP contribution in [0.5, 0.6) is 0 Å². The van der Waals surface area contributed by atoms with Gasteiger partial charge in [-0.25, -0.2) is 0 Å². The maximum atomic E-state index is 2.61. The molecule has 0 fully saturated rings. The average Bonchev–Trinajstić information content (AvgIpc) is 3.85. The van der Waals surface area contributed by atoms with E-state index in [4.69, 9.17) is 0 Å². The minimum Gasteiger partial charge on any atom is -0.310 e. The first-order valence-electron chi connectivity index (χ1n) is 21.6. The zero-order valence-electron chi connectivity index (χ0n) is 34.6. The van der Waals surface area contributed by atoms with Crippen LogP contribution in [0.25, 0.3) is 44.2 Å². The molecule has 296 valence electrons. The monoisotopic (exact) mass is 822 g/mol. The van der Waals surface area contributed by atoms with E-state index in [0.29, 0.717) is 0 Å². The topological polar surface area (TPSA) is 16.3 Å². The first-order valence-corrected chi connectivity index (χ1v) is 22.5. The van der Waals surface area contributed by atoms with Crippen molar-refractivity contribution in [3.05, 3.63) is 224 Å². The molecule has 0 spiro atoms. The third-order valence-corrected chi connectivity index (χ3v) is 14.0. The number of aromatic nitrogens is 2. The number of hydrogen-bond donors (Lipinski definition) is 0. The second-order valence-electron chi connectivity index (χ2n) is 16.6. The number of nitrogens with zero attached hydrogens (tertiary/aromatic N) is 4. The lowest BCUT2D eigenvalue weighted by molar-refractivity contribution is 1.16. The molecule has 0 amide bonds. The molecule has 4 heterocycles. The van der Waals surface area contributed by atoms with Gasteiger partial charge in [0.25, 0.3) is 0 Å². The van der Waals surface area contributed by atoms with Crippen LogP contribution in [0.15, 0.2) is 228 Å². The van der Waals surface area contributed by atoms with Gasteiger partial charge in [-0.2, -0.15) is 0 Å². The van der Waals surface area contributed by atoms with Gasteiger partial charge < -0.3 is 18.9 Å². The number of fused-ring (bicyclic) bond motifs is 9. The van der Waals surface area contributed by atoms with Crippen molar-refractivity contribution in [3.8, 4) is 11.4 Å². The molecule has 63 heavy (non-hydrogen) atoms. The van der Waals surface area contributed by atoms with E-state index >= 15 is 0 Å². The second kappa shape index (κ2) is 14.2. The molecule has 0 atom stereocenters. The Balaban J connectivity index is 1.06. The number of hydrogen-bond acceptors (Lipinski definition) is 3. The van der Waals surface area contributed by atoms with Crippen molar-refractivity contribution >= 4 is 102 Å². The third kappa shape index (κ3) is 5.51. The van der Waals surface area contributed by atoms with Crippen molar-refractivity contribution in [1.29, 1.82) is 0 Å². The molecule has 6 heteroatoms. The summed E-state index contributed by atoms with van der Waals surface area (Å²) in [6.45, 7) is 2.34. The minimum absolute atomic E-state index is 0.0892. The fraction of sp³-hybridized carbons (Fsp3) is 0.0175. The maximum Gasteiger partial charge on any atom is 0.249 e. The molecule has 0 radical (unpaired) electrons. The number of para-hydroxylation sites is 6. The summed E-state index contributed by atoms with van der Waals surface area (Å²) in [4.78, 5) is 7.36. The van der Waals surface area contributed by atoms with E-state index in [2.05, 4.69) is 244 Å². The van der Waals surface area contributed by atoms with E-state index < -0.39 is 0 Å². The van der Waals surface area contributed by atoms with Gasteiger partial charge in [0, 0.05) is 66.1 Å². The lowest BCUT2D eigenvalue weighted by atomic mass is 9.35. The molecule has 0 unspecified atom stereocenters. The molecule has 2 aromatic heterocycles. The quantitative estimate of drug-likeness (QED) is 0.149. The highest BCUT2D eigenvalue weighted by Crippen LogP contribution is 2.46.